The van der Waals surface area contributed by atoms with E-state index in [4.69, 9.17) is 9.47 Å². The second kappa shape index (κ2) is 6.60. The molecular weight excluding hydrogens is 322 g/mol. The van der Waals surface area contributed by atoms with Crippen molar-refractivity contribution >= 4 is 5.91 Å². The molecule has 130 valence electrons. The Hall–Kier alpha value is -2.80. The van der Waals surface area contributed by atoms with E-state index in [1.54, 1.807) is 11.0 Å². The first-order chi connectivity index (χ1) is 12.2. The van der Waals surface area contributed by atoms with Crippen molar-refractivity contribution in [2.45, 2.75) is 6.54 Å². The summed E-state index contributed by atoms with van der Waals surface area (Å²) in [6.07, 6.45) is 2.81. The molecule has 0 unspecified atom stereocenters. The average molecular weight is 341 g/mol. The molecule has 7 heteroatoms. The highest BCUT2D eigenvalue weighted by Crippen LogP contribution is 2.32. The number of aromatic hydroxyl groups is 1. The standard InChI is InChI=1S/C18H19N3O4/c22-15-10-19-4-3-14(15)18(23)21-7-5-20(6-8-21)11-13-1-2-16-17(9-13)25-12-24-16/h1-4,9-10,22H,5-8,11-12H2. The number of ether oxygens (including phenoxy) is 2. The van der Waals surface area contributed by atoms with Crippen molar-refractivity contribution in [2.24, 2.45) is 0 Å². The summed E-state index contributed by atoms with van der Waals surface area (Å²) in [6, 6.07) is 7.54. The molecule has 7 nitrogen and oxygen atoms in total. The highest BCUT2D eigenvalue weighted by Gasteiger charge is 2.24. The van der Waals surface area contributed by atoms with Crippen molar-refractivity contribution in [1.82, 2.24) is 14.8 Å². The highest BCUT2D eigenvalue weighted by molar-refractivity contribution is 5.96. The van der Waals surface area contributed by atoms with E-state index in [0.717, 1.165) is 36.7 Å². The van der Waals surface area contributed by atoms with Gasteiger partial charge in [0, 0.05) is 38.9 Å². The van der Waals surface area contributed by atoms with Gasteiger partial charge >= 0.3 is 0 Å². The van der Waals surface area contributed by atoms with Crippen molar-refractivity contribution in [3.8, 4) is 17.2 Å². The monoisotopic (exact) mass is 341 g/mol. The third kappa shape index (κ3) is 3.23. The van der Waals surface area contributed by atoms with Gasteiger partial charge < -0.3 is 19.5 Å². The summed E-state index contributed by atoms with van der Waals surface area (Å²) in [6.45, 7) is 3.91. The molecule has 1 N–H and O–H groups in total. The molecule has 0 aliphatic carbocycles. The number of hydrogen-bond acceptors (Lipinski definition) is 6. The Morgan fingerprint density at radius 3 is 2.72 bits per heavy atom. The molecule has 0 radical (unpaired) electrons. The number of pyridine rings is 1. The maximum absolute atomic E-state index is 12.5. The van der Waals surface area contributed by atoms with Gasteiger partial charge in [-0.2, -0.15) is 0 Å². The first-order valence-electron chi connectivity index (χ1n) is 8.24. The molecule has 2 aliphatic heterocycles. The summed E-state index contributed by atoms with van der Waals surface area (Å²) in [5, 5.41) is 9.79. The van der Waals surface area contributed by atoms with E-state index >= 15 is 0 Å². The van der Waals surface area contributed by atoms with Crippen LogP contribution in [-0.4, -0.2) is 58.8 Å². The zero-order valence-corrected chi connectivity index (χ0v) is 13.7. The van der Waals surface area contributed by atoms with Crippen LogP contribution in [0.4, 0.5) is 0 Å². The van der Waals surface area contributed by atoms with Crippen LogP contribution >= 0.6 is 0 Å². The van der Waals surface area contributed by atoms with Crippen LogP contribution in [0.2, 0.25) is 0 Å². The van der Waals surface area contributed by atoms with Gasteiger partial charge in [-0.05, 0) is 23.8 Å². The van der Waals surface area contributed by atoms with Gasteiger partial charge in [0.2, 0.25) is 6.79 Å². The number of aromatic nitrogens is 1. The molecule has 2 aliphatic rings. The van der Waals surface area contributed by atoms with Gasteiger partial charge in [0.05, 0.1) is 11.8 Å². The largest absolute Gasteiger partial charge is 0.505 e. The van der Waals surface area contributed by atoms with E-state index in [0.29, 0.717) is 18.7 Å². The molecule has 1 aromatic carbocycles. The Balaban J connectivity index is 1.35. The molecule has 3 heterocycles. The summed E-state index contributed by atoms with van der Waals surface area (Å²) in [5.74, 6) is 1.36. The predicted molar refractivity (Wildman–Crippen MR) is 89.6 cm³/mol. The normalized spacial score (nSPS) is 16.9. The fourth-order valence-electron chi connectivity index (χ4n) is 3.14. The second-order valence-corrected chi connectivity index (χ2v) is 6.15. The quantitative estimate of drug-likeness (QED) is 0.911. The molecule has 4 rings (SSSR count). The average Bonchev–Trinajstić information content (AvgIpc) is 3.10. The van der Waals surface area contributed by atoms with Gasteiger partial charge in [0.15, 0.2) is 11.5 Å². The van der Waals surface area contributed by atoms with E-state index in [9.17, 15) is 9.90 Å². The van der Waals surface area contributed by atoms with Crippen LogP contribution < -0.4 is 9.47 Å². The molecule has 2 aromatic rings. The number of piperazine rings is 1. The highest BCUT2D eigenvalue weighted by atomic mass is 16.7. The number of carbonyl (C=O) groups is 1. The molecule has 0 saturated carbocycles. The van der Waals surface area contributed by atoms with Crippen molar-refractivity contribution in [3.05, 3.63) is 47.8 Å². The van der Waals surface area contributed by atoms with Gasteiger partial charge in [0.1, 0.15) is 5.75 Å². The molecule has 1 fully saturated rings. The zero-order chi connectivity index (χ0) is 17.2. The summed E-state index contributed by atoms with van der Waals surface area (Å²) in [7, 11) is 0. The van der Waals surface area contributed by atoms with Crippen molar-refractivity contribution in [1.29, 1.82) is 0 Å². The van der Waals surface area contributed by atoms with Crippen LogP contribution in [0.3, 0.4) is 0 Å². The van der Waals surface area contributed by atoms with E-state index in [1.165, 1.54) is 12.4 Å². The number of hydrogen-bond donors (Lipinski definition) is 1. The third-order valence-corrected chi connectivity index (χ3v) is 4.53. The summed E-state index contributed by atoms with van der Waals surface area (Å²) in [5.41, 5.74) is 1.47. The molecule has 0 atom stereocenters. The number of nitrogens with zero attached hydrogens (tertiary/aromatic N) is 3. The molecular formula is C18H19N3O4. The van der Waals surface area contributed by atoms with E-state index in [2.05, 4.69) is 9.88 Å². The Morgan fingerprint density at radius 2 is 1.92 bits per heavy atom. The SMILES string of the molecule is O=C(c1ccncc1O)N1CCN(Cc2ccc3c(c2)OCO3)CC1. The van der Waals surface area contributed by atoms with Crippen LogP contribution in [0.5, 0.6) is 17.2 Å². The molecule has 25 heavy (non-hydrogen) atoms. The van der Waals surface area contributed by atoms with Gasteiger partial charge in [-0.25, -0.2) is 0 Å². The van der Waals surface area contributed by atoms with E-state index in [-0.39, 0.29) is 18.4 Å². The van der Waals surface area contributed by atoms with Gasteiger partial charge in [0.25, 0.3) is 5.91 Å². The number of rotatable bonds is 3. The lowest BCUT2D eigenvalue weighted by Crippen LogP contribution is -2.48. The summed E-state index contributed by atoms with van der Waals surface area (Å²) >= 11 is 0. The number of fused-ring (bicyclic) bond motifs is 1. The predicted octanol–water partition coefficient (Wildman–Crippen LogP) is 1.47. The number of carbonyl (C=O) groups excluding carboxylic acids is 1. The smallest absolute Gasteiger partial charge is 0.257 e. The van der Waals surface area contributed by atoms with Gasteiger partial charge in [-0.15, -0.1) is 0 Å². The lowest BCUT2D eigenvalue weighted by molar-refractivity contribution is 0.0625. The fraction of sp³-hybridized carbons (Fsp3) is 0.333. The van der Waals surface area contributed by atoms with Crippen LogP contribution in [0, 0.1) is 0 Å². The third-order valence-electron chi connectivity index (χ3n) is 4.53. The number of benzene rings is 1. The van der Waals surface area contributed by atoms with Crippen LogP contribution in [0.1, 0.15) is 15.9 Å². The molecule has 1 saturated heterocycles. The van der Waals surface area contributed by atoms with Crippen LogP contribution in [0.25, 0.3) is 0 Å². The second-order valence-electron chi connectivity index (χ2n) is 6.15. The molecule has 1 aromatic heterocycles. The maximum atomic E-state index is 12.5. The lowest BCUT2D eigenvalue weighted by Gasteiger charge is -2.34. The first-order valence-corrected chi connectivity index (χ1v) is 8.24. The van der Waals surface area contributed by atoms with Crippen LogP contribution in [-0.2, 0) is 6.54 Å². The van der Waals surface area contributed by atoms with Gasteiger partial charge in [-0.3, -0.25) is 14.7 Å². The van der Waals surface area contributed by atoms with E-state index < -0.39 is 0 Å². The van der Waals surface area contributed by atoms with Crippen molar-refractivity contribution in [2.75, 3.05) is 33.0 Å². The Kier molecular flexibility index (Phi) is 4.15. The minimum Gasteiger partial charge on any atom is -0.505 e. The Labute approximate surface area is 145 Å². The Morgan fingerprint density at radius 1 is 1.12 bits per heavy atom. The summed E-state index contributed by atoms with van der Waals surface area (Å²) < 4.78 is 10.7. The molecule has 0 bridgehead atoms. The zero-order valence-electron chi connectivity index (χ0n) is 13.7. The minimum absolute atomic E-state index is 0.0738. The molecule has 1 amide bonds. The van der Waals surface area contributed by atoms with Gasteiger partial charge in [-0.1, -0.05) is 6.07 Å². The Bertz CT molecular complexity index is 788. The fourth-order valence-corrected chi connectivity index (χ4v) is 3.14. The van der Waals surface area contributed by atoms with E-state index in [1.807, 2.05) is 18.2 Å². The summed E-state index contributed by atoms with van der Waals surface area (Å²) in [4.78, 5) is 20.4. The van der Waals surface area contributed by atoms with Crippen molar-refractivity contribution in [3.63, 3.8) is 0 Å². The topological polar surface area (TPSA) is 75.1 Å². The maximum Gasteiger partial charge on any atom is 0.257 e. The van der Waals surface area contributed by atoms with Crippen LogP contribution in [0.15, 0.2) is 36.7 Å². The first kappa shape index (κ1) is 15.7. The number of amides is 1. The molecule has 0 spiro atoms. The minimum atomic E-state index is -0.150. The lowest BCUT2D eigenvalue weighted by atomic mass is 10.1. The van der Waals surface area contributed by atoms with Crippen molar-refractivity contribution < 1.29 is 19.4 Å².